The van der Waals surface area contributed by atoms with Crippen LogP contribution in [0.5, 0.6) is 5.75 Å². The molecule has 2 aromatic rings. The summed E-state index contributed by atoms with van der Waals surface area (Å²) in [5, 5.41) is 13.7. The minimum Gasteiger partial charge on any atom is -0.477 e. The summed E-state index contributed by atoms with van der Waals surface area (Å²) in [4.78, 5) is 22.0. The van der Waals surface area contributed by atoms with E-state index in [0.29, 0.717) is 5.69 Å². The number of nitrogens with zero attached hydrogens (tertiary/aromatic N) is 1. The summed E-state index contributed by atoms with van der Waals surface area (Å²) in [5.74, 6) is -0.418. The Morgan fingerprint density at radius 1 is 1.24 bits per heavy atom. The molecule has 0 aliphatic rings. The van der Waals surface area contributed by atoms with Crippen LogP contribution in [-0.4, -0.2) is 17.4 Å². The zero-order valence-electron chi connectivity index (χ0n) is 10.8. The van der Waals surface area contributed by atoms with Gasteiger partial charge in [-0.2, -0.15) is 0 Å². The Morgan fingerprint density at radius 2 is 1.95 bits per heavy atom. The molecule has 2 rings (SSSR count). The first kappa shape index (κ1) is 14.8. The number of hydrogen-bond acceptors (Lipinski definition) is 4. The van der Waals surface area contributed by atoms with Crippen LogP contribution in [0.2, 0.25) is 5.02 Å². The minimum absolute atomic E-state index is 0.00684. The fourth-order valence-electron chi connectivity index (χ4n) is 1.62. The Morgan fingerprint density at radius 3 is 2.62 bits per heavy atom. The molecule has 0 aromatic heterocycles. The van der Waals surface area contributed by atoms with Gasteiger partial charge in [0.1, 0.15) is 0 Å². The predicted octanol–water partition coefficient (Wildman–Crippen LogP) is 3.27. The zero-order valence-corrected chi connectivity index (χ0v) is 11.5. The van der Waals surface area contributed by atoms with Crippen molar-refractivity contribution in [1.29, 1.82) is 0 Å². The van der Waals surface area contributed by atoms with Crippen LogP contribution in [0.4, 0.5) is 11.4 Å². The smallest absolute Gasteiger partial charge is 0.312 e. The molecule has 0 spiro atoms. The lowest BCUT2D eigenvalue weighted by molar-refractivity contribution is -0.385. The molecular weight excluding hydrogens is 296 g/mol. The van der Waals surface area contributed by atoms with Gasteiger partial charge in [-0.05, 0) is 24.3 Å². The lowest BCUT2D eigenvalue weighted by atomic mass is 10.3. The Hall–Kier alpha value is -2.60. The van der Waals surface area contributed by atoms with Gasteiger partial charge in [-0.15, -0.1) is 0 Å². The maximum Gasteiger partial charge on any atom is 0.312 e. The monoisotopic (exact) mass is 306 g/mol. The van der Waals surface area contributed by atoms with Gasteiger partial charge in [0.15, 0.2) is 12.4 Å². The van der Waals surface area contributed by atoms with E-state index in [1.165, 1.54) is 18.2 Å². The first-order valence-corrected chi connectivity index (χ1v) is 6.35. The molecule has 2 aromatic carbocycles. The average Bonchev–Trinajstić information content (AvgIpc) is 2.47. The number of hydrogen-bond donors (Lipinski definition) is 1. The number of carbonyl (C=O) groups excluding carboxylic acids is 1. The van der Waals surface area contributed by atoms with Crippen molar-refractivity contribution in [2.24, 2.45) is 0 Å². The molecule has 0 atom stereocenters. The van der Waals surface area contributed by atoms with Crippen LogP contribution in [0.25, 0.3) is 0 Å². The standard InChI is InChI=1S/C14H11ClN2O4/c15-10-6-7-13(12(8-10)17(19)20)21-9-14(18)16-11-4-2-1-3-5-11/h1-8H,9H2,(H,16,18). The molecule has 0 unspecified atom stereocenters. The number of carbonyl (C=O) groups is 1. The molecule has 0 saturated heterocycles. The maximum absolute atomic E-state index is 11.7. The van der Waals surface area contributed by atoms with Crippen molar-refractivity contribution >= 4 is 28.9 Å². The van der Waals surface area contributed by atoms with Gasteiger partial charge in [-0.25, -0.2) is 0 Å². The van der Waals surface area contributed by atoms with Gasteiger partial charge in [0.25, 0.3) is 5.91 Å². The van der Waals surface area contributed by atoms with Gasteiger partial charge in [-0.1, -0.05) is 29.8 Å². The summed E-state index contributed by atoms with van der Waals surface area (Å²) in [6, 6.07) is 12.8. The van der Waals surface area contributed by atoms with Gasteiger partial charge >= 0.3 is 5.69 Å². The summed E-state index contributed by atoms with van der Waals surface area (Å²) < 4.78 is 5.18. The van der Waals surface area contributed by atoms with E-state index in [-0.39, 0.29) is 23.1 Å². The average molecular weight is 307 g/mol. The largest absolute Gasteiger partial charge is 0.477 e. The number of para-hydroxylation sites is 1. The zero-order chi connectivity index (χ0) is 15.2. The topological polar surface area (TPSA) is 81.5 Å². The lowest BCUT2D eigenvalue weighted by Crippen LogP contribution is -2.20. The minimum atomic E-state index is -0.615. The second-order valence-corrected chi connectivity index (χ2v) is 4.51. The van der Waals surface area contributed by atoms with E-state index in [1.807, 2.05) is 6.07 Å². The Kier molecular flexibility index (Phi) is 4.73. The first-order chi connectivity index (χ1) is 10.1. The van der Waals surface area contributed by atoms with Crippen LogP contribution in [-0.2, 0) is 4.79 Å². The van der Waals surface area contributed by atoms with Crippen LogP contribution in [0, 0.1) is 10.1 Å². The Balaban J connectivity index is 2.00. The molecule has 1 N–H and O–H groups in total. The normalized spacial score (nSPS) is 9.95. The molecule has 0 saturated carbocycles. The van der Waals surface area contributed by atoms with Gasteiger partial charge in [0, 0.05) is 16.8 Å². The third kappa shape index (κ3) is 4.19. The summed E-state index contributed by atoms with van der Waals surface area (Å²) >= 11 is 5.69. The van der Waals surface area contributed by atoms with Crippen LogP contribution in [0.3, 0.4) is 0 Å². The van der Waals surface area contributed by atoms with E-state index in [2.05, 4.69) is 5.32 Å². The fraction of sp³-hybridized carbons (Fsp3) is 0.0714. The molecule has 0 radical (unpaired) electrons. The highest BCUT2D eigenvalue weighted by molar-refractivity contribution is 6.30. The van der Waals surface area contributed by atoms with Gasteiger partial charge in [0.2, 0.25) is 0 Å². The summed E-state index contributed by atoms with van der Waals surface area (Å²) in [6.07, 6.45) is 0. The number of nitro groups is 1. The molecular formula is C14H11ClN2O4. The number of nitro benzene ring substituents is 1. The van der Waals surface area contributed by atoms with Gasteiger partial charge in [0.05, 0.1) is 4.92 Å². The number of ether oxygens (including phenoxy) is 1. The van der Waals surface area contributed by atoms with E-state index in [1.54, 1.807) is 24.3 Å². The highest BCUT2D eigenvalue weighted by Crippen LogP contribution is 2.29. The predicted molar refractivity (Wildman–Crippen MR) is 78.7 cm³/mol. The highest BCUT2D eigenvalue weighted by Gasteiger charge is 2.16. The molecule has 0 aliphatic heterocycles. The van der Waals surface area contributed by atoms with Crippen LogP contribution in [0.15, 0.2) is 48.5 Å². The second-order valence-electron chi connectivity index (χ2n) is 4.07. The van der Waals surface area contributed by atoms with Crippen molar-refractivity contribution in [2.75, 3.05) is 11.9 Å². The van der Waals surface area contributed by atoms with E-state index >= 15 is 0 Å². The number of rotatable bonds is 5. The fourth-order valence-corrected chi connectivity index (χ4v) is 1.78. The van der Waals surface area contributed by atoms with Crippen molar-refractivity contribution < 1.29 is 14.5 Å². The molecule has 1 amide bonds. The molecule has 6 nitrogen and oxygen atoms in total. The summed E-state index contributed by atoms with van der Waals surface area (Å²) in [7, 11) is 0. The van der Waals surface area contributed by atoms with Crippen molar-refractivity contribution in [2.45, 2.75) is 0 Å². The first-order valence-electron chi connectivity index (χ1n) is 5.98. The molecule has 108 valence electrons. The summed E-state index contributed by atoms with van der Waals surface area (Å²) in [6.45, 7) is -0.336. The van der Waals surface area contributed by atoms with E-state index in [9.17, 15) is 14.9 Å². The van der Waals surface area contributed by atoms with Crippen molar-refractivity contribution in [3.8, 4) is 5.75 Å². The van der Waals surface area contributed by atoms with Crippen molar-refractivity contribution in [1.82, 2.24) is 0 Å². The SMILES string of the molecule is O=C(COc1ccc(Cl)cc1[N+](=O)[O-])Nc1ccccc1. The maximum atomic E-state index is 11.7. The number of anilines is 1. The van der Waals surface area contributed by atoms with Gasteiger partial charge in [-0.3, -0.25) is 14.9 Å². The van der Waals surface area contributed by atoms with Crippen molar-refractivity contribution in [3.63, 3.8) is 0 Å². The number of benzene rings is 2. The number of nitrogens with one attached hydrogen (secondary N) is 1. The summed E-state index contributed by atoms with van der Waals surface area (Å²) in [5.41, 5.74) is 0.340. The van der Waals surface area contributed by atoms with Gasteiger partial charge < -0.3 is 10.1 Å². The van der Waals surface area contributed by atoms with E-state index in [0.717, 1.165) is 0 Å². The Labute approximate surface area is 125 Å². The molecule has 0 bridgehead atoms. The second kappa shape index (κ2) is 6.71. The third-order valence-electron chi connectivity index (χ3n) is 2.53. The molecule has 0 aliphatic carbocycles. The van der Waals surface area contributed by atoms with Crippen LogP contribution in [0.1, 0.15) is 0 Å². The Bertz CT molecular complexity index is 661. The third-order valence-corrected chi connectivity index (χ3v) is 2.77. The number of amides is 1. The van der Waals surface area contributed by atoms with Crippen LogP contribution < -0.4 is 10.1 Å². The molecule has 0 fully saturated rings. The number of halogens is 1. The quantitative estimate of drug-likeness (QED) is 0.679. The molecule has 0 heterocycles. The highest BCUT2D eigenvalue weighted by atomic mass is 35.5. The molecule has 7 heteroatoms. The lowest BCUT2D eigenvalue weighted by Gasteiger charge is -2.08. The van der Waals surface area contributed by atoms with Crippen molar-refractivity contribution in [3.05, 3.63) is 63.7 Å². The molecule has 21 heavy (non-hydrogen) atoms. The van der Waals surface area contributed by atoms with Crippen LogP contribution >= 0.6 is 11.6 Å². The van der Waals surface area contributed by atoms with E-state index in [4.69, 9.17) is 16.3 Å². The van der Waals surface area contributed by atoms with E-state index < -0.39 is 10.8 Å².